The fourth-order valence-corrected chi connectivity index (χ4v) is 5.86. The van der Waals surface area contributed by atoms with Gasteiger partial charge in [-0.2, -0.15) is 0 Å². The molecule has 0 bridgehead atoms. The summed E-state index contributed by atoms with van der Waals surface area (Å²) < 4.78 is 17.4. The summed E-state index contributed by atoms with van der Waals surface area (Å²) in [5, 5.41) is 24.3. The van der Waals surface area contributed by atoms with Crippen molar-refractivity contribution in [2.24, 2.45) is 5.92 Å². The first-order chi connectivity index (χ1) is 16.1. The topological polar surface area (TPSA) is 121 Å². The van der Waals surface area contributed by atoms with Gasteiger partial charge in [0.2, 0.25) is 5.91 Å². The molecule has 4 fully saturated rings. The van der Waals surface area contributed by atoms with E-state index in [0.717, 1.165) is 12.0 Å². The molecule has 3 heterocycles. The number of aliphatic hydroxyl groups excluding tert-OH is 1. The Labute approximate surface area is 201 Å². The number of hydrogen-bond acceptors (Lipinski definition) is 7. The zero-order valence-corrected chi connectivity index (χ0v) is 20.7. The van der Waals surface area contributed by atoms with Crippen molar-refractivity contribution >= 4 is 11.7 Å². The van der Waals surface area contributed by atoms with Gasteiger partial charge in [0.25, 0.3) is 0 Å². The number of carbonyl (C=O) groups is 2. The van der Waals surface area contributed by atoms with Crippen LogP contribution in [0.2, 0.25) is 0 Å². The summed E-state index contributed by atoms with van der Waals surface area (Å²) in [7, 11) is 0. The van der Waals surface area contributed by atoms with Crippen LogP contribution in [-0.2, 0) is 23.8 Å². The maximum atomic E-state index is 12.5. The van der Waals surface area contributed by atoms with Crippen molar-refractivity contribution in [1.82, 2.24) is 5.32 Å². The largest absolute Gasteiger partial charge is 0.384 e. The molecule has 2 unspecified atom stereocenters. The number of nitrogens with one attached hydrogen (secondary N) is 1. The number of fused-ring (bicyclic) bond motifs is 4. The first kappa shape index (κ1) is 25.5. The Bertz CT molecular complexity index is 834. The molecule has 4 rings (SSSR count). The number of ketones is 1. The summed E-state index contributed by atoms with van der Waals surface area (Å²) in [6.45, 7) is 7.81. The van der Waals surface area contributed by atoms with Crippen LogP contribution in [0, 0.1) is 5.92 Å². The van der Waals surface area contributed by atoms with Crippen molar-refractivity contribution in [2.75, 3.05) is 0 Å². The molecule has 1 amide bonds. The zero-order chi connectivity index (χ0) is 24.7. The van der Waals surface area contributed by atoms with E-state index in [2.05, 4.69) is 25.2 Å². The molecule has 1 saturated carbocycles. The fourth-order valence-electron chi connectivity index (χ4n) is 5.86. The number of rotatable bonds is 11. The van der Waals surface area contributed by atoms with Crippen LogP contribution in [-0.4, -0.2) is 69.9 Å². The van der Waals surface area contributed by atoms with E-state index in [1.807, 2.05) is 6.92 Å². The second-order valence-electron chi connectivity index (χ2n) is 10.7. The normalized spacial score (nSPS) is 41.3. The summed E-state index contributed by atoms with van der Waals surface area (Å²) in [5.74, 6) is 0.0142. The predicted molar refractivity (Wildman–Crippen MR) is 125 cm³/mol. The van der Waals surface area contributed by atoms with Crippen LogP contribution in [0.4, 0.5) is 0 Å². The standard InChI is InChI=1S/C26H39NO7/c1-5-6-7-8-9-15(2)12-16(3)10-11-19(29)27-18-14-26(34-24(18)30)22-20(32-22)25(31,13-17(4)28)21-23(26)33-21/h10-12,15,18,20-24,30-31H,5-9,13-14H2,1-4H3,(H,27,29)/b11-10+,16-12+/t15-,18+,20-,21+,22+,23-,24+,25?,26?/m1/s1. The Hall–Kier alpha value is -1.58. The highest BCUT2D eigenvalue weighted by Gasteiger charge is 2.83. The first-order valence-electron chi connectivity index (χ1n) is 12.7. The lowest BCUT2D eigenvalue weighted by Crippen LogP contribution is -2.57. The number of epoxide rings is 2. The van der Waals surface area contributed by atoms with E-state index >= 15 is 0 Å². The van der Waals surface area contributed by atoms with Crippen LogP contribution in [0.15, 0.2) is 23.8 Å². The van der Waals surface area contributed by atoms with Crippen molar-refractivity contribution in [3.05, 3.63) is 23.8 Å². The van der Waals surface area contributed by atoms with E-state index < -0.39 is 47.9 Å². The minimum atomic E-state index is -1.36. The number of amides is 1. The monoisotopic (exact) mass is 477 g/mol. The third-order valence-corrected chi connectivity index (χ3v) is 7.57. The average molecular weight is 478 g/mol. The summed E-state index contributed by atoms with van der Waals surface area (Å²) in [4.78, 5) is 24.1. The third kappa shape index (κ3) is 5.02. The summed E-state index contributed by atoms with van der Waals surface area (Å²) in [6, 6.07) is -0.618. The van der Waals surface area contributed by atoms with Gasteiger partial charge in [-0.1, -0.05) is 57.3 Å². The van der Waals surface area contributed by atoms with Crippen molar-refractivity contribution in [2.45, 2.75) is 121 Å². The van der Waals surface area contributed by atoms with E-state index in [-0.39, 0.29) is 18.1 Å². The van der Waals surface area contributed by atoms with Gasteiger partial charge in [-0.15, -0.1) is 0 Å². The molecule has 190 valence electrons. The molecule has 0 aromatic carbocycles. The van der Waals surface area contributed by atoms with E-state index in [0.29, 0.717) is 12.3 Å². The van der Waals surface area contributed by atoms with E-state index in [9.17, 15) is 19.8 Å². The summed E-state index contributed by atoms with van der Waals surface area (Å²) in [5.41, 5.74) is -1.26. The molecule has 3 N–H and O–H groups in total. The van der Waals surface area contributed by atoms with Crippen LogP contribution < -0.4 is 5.32 Å². The fraction of sp³-hybridized carbons (Fsp3) is 0.769. The molecule has 0 aromatic heterocycles. The molecule has 3 saturated heterocycles. The second-order valence-corrected chi connectivity index (χ2v) is 10.7. The van der Waals surface area contributed by atoms with Crippen LogP contribution in [0.3, 0.4) is 0 Å². The second kappa shape index (κ2) is 9.82. The zero-order valence-electron chi connectivity index (χ0n) is 20.7. The third-order valence-electron chi connectivity index (χ3n) is 7.57. The van der Waals surface area contributed by atoms with Crippen LogP contribution in [0.1, 0.15) is 72.6 Å². The van der Waals surface area contributed by atoms with Gasteiger partial charge in [0.05, 0.1) is 6.04 Å². The van der Waals surface area contributed by atoms with Gasteiger partial charge in [0.1, 0.15) is 41.4 Å². The lowest BCUT2D eigenvalue weighted by molar-refractivity contribution is -0.161. The molecule has 0 radical (unpaired) electrons. The number of allylic oxidation sites excluding steroid dienone is 3. The van der Waals surface area contributed by atoms with Crippen molar-refractivity contribution in [3.63, 3.8) is 0 Å². The summed E-state index contributed by atoms with van der Waals surface area (Å²) >= 11 is 0. The molecule has 8 nitrogen and oxygen atoms in total. The molecule has 4 aliphatic rings. The van der Waals surface area contributed by atoms with Crippen molar-refractivity contribution < 1.29 is 34.0 Å². The van der Waals surface area contributed by atoms with Gasteiger partial charge in [0, 0.05) is 18.9 Å². The number of aliphatic hydroxyl groups is 2. The number of carbonyl (C=O) groups excluding carboxylic acids is 2. The van der Waals surface area contributed by atoms with Crippen molar-refractivity contribution in [3.8, 4) is 0 Å². The van der Waals surface area contributed by atoms with Crippen LogP contribution in [0.5, 0.6) is 0 Å². The number of unbranched alkanes of at least 4 members (excludes halogenated alkanes) is 3. The molecular weight excluding hydrogens is 438 g/mol. The van der Waals surface area contributed by atoms with E-state index in [1.165, 1.54) is 38.7 Å². The molecule has 0 aromatic rings. The van der Waals surface area contributed by atoms with Gasteiger partial charge in [-0.05, 0) is 26.2 Å². The molecule has 1 spiro atoms. The Morgan fingerprint density at radius 1 is 1.09 bits per heavy atom. The maximum absolute atomic E-state index is 12.5. The Morgan fingerprint density at radius 3 is 2.38 bits per heavy atom. The van der Waals surface area contributed by atoms with Gasteiger partial charge in [-0.3, -0.25) is 9.59 Å². The molecular formula is C26H39NO7. The number of hydrogen-bond donors (Lipinski definition) is 3. The lowest BCUT2D eigenvalue weighted by Gasteiger charge is -2.33. The highest BCUT2D eigenvalue weighted by atomic mass is 16.7. The van der Waals surface area contributed by atoms with Crippen molar-refractivity contribution in [1.29, 1.82) is 0 Å². The number of ether oxygens (including phenoxy) is 3. The first-order valence-corrected chi connectivity index (χ1v) is 12.7. The van der Waals surface area contributed by atoms with E-state index in [1.54, 1.807) is 6.08 Å². The predicted octanol–water partition coefficient (Wildman–Crippen LogP) is 2.32. The molecule has 1 aliphatic carbocycles. The Morgan fingerprint density at radius 2 is 1.76 bits per heavy atom. The van der Waals surface area contributed by atoms with Gasteiger partial charge in [-0.25, -0.2) is 0 Å². The average Bonchev–Trinajstić information content (AvgIpc) is 3.66. The number of Topliss-reactive ketones (excluding diaryl/α,β-unsaturated/α-hetero) is 1. The SMILES string of the molecule is CCCCCC[C@@H](C)/C=C(C)/C=C/C(=O)N[C@H]1CC2(O[C@@H]1O)[C@@H]1O[C@@H]1C(O)(CC(C)=O)[C@@H]1O[C@@H]12. The minimum absolute atomic E-state index is 0.0385. The highest BCUT2D eigenvalue weighted by Crippen LogP contribution is 2.62. The maximum Gasteiger partial charge on any atom is 0.244 e. The Kier molecular flexibility index (Phi) is 7.37. The lowest BCUT2D eigenvalue weighted by atomic mass is 9.72. The summed E-state index contributed by atoms with van der Waals surface area (Å²) in [6.07, 6.45) is 8.54. The molecule has 34 heavy (non-hydrogen) atoms. The van der Waals surface area contributed by atoms with E-state index in [4.69, 9.17) is 14.2 Å². The quantitative estimate of drug-likeness (QED) is 0.181. The molecule has 9 atom stereocenters. The minimum Gasteiger partial charge on any atom is -0.384 e. The highest BCUT2D eigenvalue weighted by molar-refractivity contribution is 5.88. The van der Waals surface area contributed by atoms with Gasteiger partial charge in [0.15, 0.2) is 6.29 Å². The molecule has 3 aliphatic heterocycles. The smallest absolute Gasteiger partial charge is 0.244 e. The Balaban J connectivity index is 1.29. The van der Waals surface area contributed by atoms with Gasteiger partial charge >= 0.3 is 0 Å². The van der Waals surface area contributed by atoms with Gasteiger partial charge < -0.3 is 29.7 Å². The van der Waals surface area contributed by atoms with Crippen LogP contribution >= 0.6 is 0 Å². The van der Waals surface area contributed by atoms with Crippen LogP contribution in [0.25, 0.3) is 0 Å². The molecule has 8 heteroatoms.